The van der Waals surface area contributed by atoms with Crippen LogP contribution in [-0.2, 0) is 27.2 Å². The Morgan fingerprint density at radius 2 is 0.565 bits per heavy atom. The molecule has 0 aromatic heterocycles. The molecule has 10 aromatic carbocycles. The fourth-order valence-electron chi connectivity index (χ4n) is 8.64. The van der Waals surface area contributed by atoms with E-state index in [0.29, 0.717) is 0 Å². The maximum atomic E-state index is 10.7. The summed E-state index contributed by atoms with van der Waals surface area (Å²) < 4.78 is 70.0. The number of hydrogen-bond acceptors (Lipinski definition) is 4. The van der Waals surface area contributed by atoms with Crippen molar-refractivity contribution in [2.75, 3.05) is 0 Å². The van der Waals surface area contributed by atoms with E-state index in [2.05, 4.69) is 255 Å². The van der Waals surface area contributed by atoms with Crippen molar-refractivity contribution in [1.82, 2.24) is 0 Å². The number of hydrogen-bond donors (Lipinski definition) is 1. The number of rotatable bonds is 9. The van der Waals surface area contributed by atoms with E-state index in [4.69, 9.17) is 22.5 Å². The zero-order valence-corrected chi connectivity index (χ0v) is 40.2. The predicted molar refractivity (Wildman–Crippen MR) is 279 cm³/mol. The second-order valence-corrected chi connectivity index (χ2v) is 23.2. The van der Waals surface area contributed by atoms with Crippen molar-refractivity contribution in [2.24, 2.45) is 9.49 Å². The number of fused-ring (bicyclic) bond motifs is 2. The quantitative estimate of drug-likeness (QED) is 0.0677. The van der Waals surface area contributed by atoms with Crippen LogP contribution in [-0.4, -0.2) is 18.5 Å². The van der Waals surface area contributed by atoms with Crippen LogP contribution in [0.1, 0.15) is 0 Å². The Morgan fingerprint density at radius 3 is 0.797 bits per heavy atom. The average molecular weight is 1020 g/mol. The van der Waals surface area contributed by atoms with Gasteiger partial charge in [-0.05, 0) is 33.7 Å². The largest absolute Gasteiger partial charge is 0.522 e. The summed E-state index contributed by atoms with van der Waals surface area (Å²) in [5.41, 5.74) is -1.48. The summed E-state index contributed by atoms with van der Waals surface area (Å²) in [6, 6.07) is 92.0. The van der Waals surface area contributed by atoms with E-state index in [1.807, 2.05) is 0 Å². The third-order valence-corrected chi connectivity index (χ3v) is 19.5. The van der Waals surface area contributed by atoms with E-state index >= 15 is 0 Å². The monoisotopic (exact) mass is 1020 g/mol. The van der Waals surface area contributed by atoms with Crippen LogP contribution < -0.4 is 31.8 Å². The molecule has 0 amide bonds. The first-order chi connectivity index (χ1) is 33.0. The first kappa shape index (κ1) is 48.8. The molecular formula is C57H43CuF3N2O3P2S. The Kier molecular flexibility index (Phi) is 14.8. The van der Waals surface area contributed by atoms with Crippen molar-refractivity contribution in [3.8, 4) is 11.1 Å². The van der Waals surface area contributed by atoms with Gasteiger partial charge in [-0.25, -0.2) is 0 Å². The van der Waals surface area contributed by atoms with Crippen molar-refractivity contribution in [3.63, 3.8) is 0 Å². The first-order valence-corrected chi connectivity index (χ1v) is 26.6. The molecule has 0 aliphatic rings. The molecule has 0 aliphatic heterocycles. The minimum Gasteiger partial charge on any atom is -0.279 e. The molecule has 0 saturated heterocycles. The molecule has 0 aliphatic carbocycles. The summed E-state index contributed by atoms with van der Waals surface area (Å²) in [7, 11) is -11.2. The molecule has 0 saturated carbocycles. The Morgan fingerprint density at radius 1 is 0.348 bits per heavy atom. The van der Waals surface area contributed by atoms with Gasteiger partial charge in [-0.2, -0.15) is 21.6 Å². The van der Waals surface area contributed by atoms with Gasteiger partial charge in [0.2, 0.25) is 0 Å². The van der Waals surface area contributed by atoms with Crippen LogP contribution in [0.15, 0.2) is 264 Å². The number of nitrogens with zero attached hydrogens (tertiary/aromatic N) is 2. The van der Waals surface area contributed by atoms with Gasteiger partial charge >= 0.3 is 15.6 Å². The van der Waals surface area contributed by atoms with Gasteiger partial charge in [0.25, 0.3) is 0 Å². The fraction of sp³-hybridized carbons (Fsp3) is 0.0175. The molecule has 0 fully saturated rings. The average Bonchev–Trinajstić information content (AvgIpc) is 3.38. The van der Waals surface area contributed by atoms with E-state index in [0.717, 1.165) is 44.0 Å². The Bertz CT molecular complexity index is 3170. The summed E-state index contributed by atoms with van der Waals surface area (Å²) in [5.74, 6) is 0. The van der Waals surface area contributed by atoms with Crippen LogP contribution in [0, 0.1) is 0 Å². The zero-order valence-electron chi connectivity index (χ0n) is 36.6. The van der Waals surface area contributed by atoms with Crippen molar-refractivity contribution in [3.05, 3.63) is 255 Å². The Balaban J connectivity index is 0.000000657. The first-order valence-electron chi connectivity index (χ1n) is 21.7. The molecule has 0 atom stereocenters. The second-order valence-electron chi connectivity index (χ2n) is 15.8. The van der Waals surface area contributed by atoms with Gasteiger partial charge in [-0.15, -0.1) is 0 Å². The molecule has 347 valence electrons. The van der Waals surface area contributed by atoms with Crippen LogP contribution in [0.5, 0.6) is 0 Å². The van der Waals surface area contributed by atoms with E-state index < -0.39 is 29.7 Å². The molecule has 69 heavy (non-hydrogen) atoms. The van der Waals surface area contributed by atoms with Gasteiger partial charge in [0.15, 0.2) is 0 Å². The van der Waals surface area contributed by atoms with E-state index in [-0.39, 0.29) is 17.1 Å². The minimum atomic E-state index is -5.84. The van der Waals surface area contributed by atoms with Crippen molar-refractivity contribution in [1.29, 1.82) is 0 Å². The van der Waals surface area contributed by atoms with Crippen LogP contribution >= 0.6 is 14.1 Å². The maximum Gasteiger partial charge on any atom is 0.522 e. The molecule has 1 N–H and O–H groups in total. The van der Waals surface area contributed by atoms with E-state index in [1.54, 1.807) is 0 Å². The molecule has 10 rings (SSSR count). The van der Waals surface area contributed by atoms with Crippen LogP contribution in [0.25, 0.3) is 32.7 Å². The van der Waals surface area contributed by atoms with Crippen molar-refractivity contribution in [2.45, 2.75) is 5.51 Å². The number of alkyl halides is 3. The molecule has 0 spiro atoms. The molecule has 1 radical (unpaired) electrons. The molecule has 10 aromatic rings. The van der Waals surface area contributed by atoms with Gasteiger partial charge < -0.3 is 0 Å². The standard InChI is InChI=1S/C56H42N2P2.CHF3O3S.Cu/c1-7-25-45(26-8-1)59(46-27-9-2-10-28-46,47-29-11-3-12-30-47)57-53-41-39-43-23-19-21-37-51(43)55(53)56-52-38-22-20-24-44(52)40-42-54(56)58-60(48-31-13-4-14-32-48,49-33-15-5-16-34-49)50-35-17-6-18-36-50;2-1(3,4)8(5,6)7;/h1-42H;(H,5,6,7);. The summed E-state index contributed by atoms with van der Waals surface area (Å²) in [6.07, 6.45) is 0. The maximum absolute atomic E-state index is 10.7. The third-order valence-electron chi connectivity index (χ3n) is 11.7. The fourth-order valence-corrected chi connectivity index (χ4v) is 15.7. The SMILES string of the molecule is O=S(=O)(O)C(F)(F)F.[Cu].c1ccc(P(=Nc2ccc3ccccc3c2-c2c(N=P(c3ccccc3)(c3ccccc3)c3ccccc3)ccc3ccccc23)(c2ccccc2)c2ccccc2)cc1. The van der Waals surface area contributed by atoms with E-state index in [9.17, 15) is 13.2 Å². The van der Waals surface area contributed by atoms with Crippen molar-refractivity contribution >= 4 is 89.0 Å². The molecular weight excluding hydrogens is 975 g/mol. The summed E-state index contributed by atoms with van der Waals surface area (Å²) >= 11 is 0. The summed E-state index contributed by atoms with van der Waals surface area (Å²) in [6.45, 7) is 0. The minimum absolute atomic E-state index is 0. The van der Waals surface area contributed by atoms with Crippen LogP contribution in [0.2, 0.25) is 0 Å². The molecule has 0 bridgehead atoms. The summed E-state index contributed by atoms with van der Waals surface area (Å²) in [5, 5.41) is 11.8. The van der Waals surface area contributed by atoms with Gasteiger partial charge in [-0.1, -0.05) is 243 Å². The van der Waals surface area contributed by atoms with E-state index in [1.165, 1.54) is 31.8 Å². The van der Waals surface area contributed by atoms with Crippen LogP contribution in [0.4, 0.5) is 24.5 Å². The van der Waals surface area contributed by atoms with Gasteiger partial charge in [0.1, 0.15) is 0 Å². The predicted octanol–water partition coefficient (Wildman–Crippen LogP) is 13.7. The second kappa shape index (κ2) is 21.0. The van der Waals surface area contributed by atoms with Crippen molar-refractivity contribution < 1.29 is 43.2 Å². The Hall–Kier alpha value is -6.60. The smallest absolute Gasteiger partial charge is 0.279 e. The zero-order chi connectivity index (χ0) is 47.2. The third kappa shape index (κ3) is 9.84. The normalized spacial score (nSPS) is 11.8. The number of halogens is 3. The molecule has 12 heteroatoms. The van der Waals surface area contributed by atoms with Gasteiger partial charge in [-0.3, -0.25) is 14.0 Å². The topological polar surface area (TPSA) is 79.1 Å². The molecule has 0 unspecified atom stereocenters. The molecule has 5 nitrogen and oxygen atoms in total. The van der Waals surface area contributed by atoms with Crippen LogP contribution in [0.3, 0.4) is 0 Å². The summed E-state index contributed by atoms with van der Waals surface area (Å²) in [4.78, 5) is 0. The van der Waals surface area contributed by atoms with Gasteiger partial charge in [0.05, 0.1) is 25.5 Å². The molecule has 0 heterocycles. The Labute approximate surface area is 410 Å². The number of benzene rings is 10. The van der Waals surface area contributed by atoms with Gasteiger partial charge in [0, 0.05) is 60.0 Å².